The zero-order valence-electron chi connectivity index (χ0n) is 17.3. The normalized spacial score (nSPS) is 11.2. The van der Waals surface area contributed by atoms with Crippen molar-refractivity contribution in [1.82, 2.24) is 4.90 Å². The second-order valence-electron chi connectivity index (χ2n) is 7.38. The lowest BCUT2D eigenvalue weighted by atomic mass is 9.84. The number of aryl methyl sites for hydroxylation is 2. The molecule has 0 fully saturated rings. The molecule has 26 heavy (non-hydrogen) atoms. The Bertz CT molecular complexity index is 628. The molecule has 0 aliphatic heterocycles. The second-order valence-corrected chi connectivity index (χ2v) is 7.38. The molecule has 0 aromatic heterocycles. The van der Waals surface area contributed by atoms with E-state index in [-0.39, 0.29) is 23.9 Å². The van der Waals surface area contributed by atoms with E-state index in [9.17, 15) is 9.59 Å². The lowest BCUT2D eigenvalue weighted by Gasteiger charge is -2.24. The number of hydrogen-bond donors (Lipinski definition) is 0. The van der Waals surface area contributed by atoms with Gasteiger partial charge >= 0.3 is 12.1 Å². The maximum absolute atomic E-state index is 12.4. The highest BCUT2D eigenvalue weighted by atomic mass is 16.6. The SMILES string of the molecule is CCOC(=O)CCc1cc(C(C)(C)C)cc(C)c1OC(=O)N(CC)CC. The predicted molar refractivity (Wildman–Crippen MR) is 104 cm³/mol. The van der Waals surface area contributed by atoms with Crippen LogP contribution in [0.3, 0.4) is 0 Å². The molecule has 0 N–H and O–H groups in total. The van der Waals surface area contributed by atoms with Gasteiger partial charge in [0.15, 0.2) is 0 Å². The van der Waals surface area contributed by atoms with E-state index in [0.29, 0.717) is 31.9 Å². The van der Waals surface area contributed by atoms with E-state index in [0.717, 1.165) is 16.7 Å². The summed E-state index contributed by atoms with van der Waals surface area (Å²) in [6, 6.07) is 4.09. The highest BCUT2D eigenvalue weighted by molar-refractivity contribution is 5.73. The van der Waals surface area contributed by atoms with Crippen LogP contribution in [0.15, 0.2) is 12.1 Å². The summed E-state index contributed by atoms with van der Waals surface area (Å²) in [5.41, 5.74) is 2.88. The fourth-order valence-electron chi connectivity index (χ4n) is 2.72. The van der Waals surface area contributed by atoms with E-state index in [2.05, 4.69) is 26.8 Å². The summed E-state index contributed by atoms with van der Waals surface area (Å²) in [5.74, 6) is 0.312. The van der Waals surface area contributed by atoms with Gasteiger partial charge in [0.25, 0.3) is 0 Å². The summed E-state index contributed by atoms with van der Waals surface area (Å²) in [5, 5.41) is 0. The zero-order chi connectivity index (χ0) is 19.9. The van der Waals surface area contributed by atoms with Crippen LogP contribution < -0.4 is 4.74 Å². The topological polar surface area (TPSA) is 55.8 Å². The van der Waals surface area contributed by atoms with Crippen LogP contribution >= 0.6 is 0 Å². The Morgan fingerprint density at radius 1 is 1.08 bits per heavy atom. The van der Waals surface area contributed by atoms with E-state index in [1.54, 1.807) is 11.8 Å². The number of amides is 1. The number of carbonyl (C=O) groups excluding carboxylic acids is 2. The first kappa shape index (κ1) is 22.0. The average Bonchev–Trinajstić information content (AvgIpc) is 2.55. The Kier molecular flexibility index (Phi) is 8.12. The zero-order valence-corrected chi connectivity index (χ0v) is 17.3. The molecular weight excluding hydrogens is 330 g/mol. The van der Waals surface area contributed by atoms with Crippen molar-refractivity contribution < 1.29 is 19.1 Å². The van der Waals surface area contributed by atoms with E-state index < -0.39 is 0 Å². The van der Waals surface area contributed by atoms with Crippen molar-refractivity contribution >= 4 is 12.1 Å². The minimum Gasteiger partial charge on any atom is -0.466 e. The third-order valence-electron chi connectivity index (χ3n) is 4.33. The number of esters is 1. The van der Waals surface area contributed by atoms with Crippen LogP contribution in [0.5, 0.6) is 5.75 Å². The van der Waals surface area contributed by atoms with Gasteiger partial charge in [-0.15, -0.1) is 0 Å². The quantitative estimate of drug-likeness (QED) is 0.663. The van der Waals surface area contributed by atoms with Gasteiger partial charge in [0, 0.05) is 19.5 Å². The van der Waals surface area contributed by atoms with Crippen molar-refractivity contribution in [3.05, 3.63) is 28.8 Å². The van der Waals surface area contributed by atoms with Gasteiger partial charge in [0.1, 0.15) is 5.75 Å². The summed E-state index contributed by atoms with van der Waals surface area (Å²) in [7, 11) is 0. The highest BCUT2D eigenvalue weighted by Crippen LogP contribution is 2.32. The average molecular weight is 363 g/mol. The van der Waals surface area contributed by atoms with Gasteiger partial charge in [-0.2, -0.15) is 0 Å². The molecule has 0 heterocycles. The molecule has 1 rings (SSSR count). The van der Waals surface area contributed by atoms with Crippen molar-refractivity contribution in [3.63, 3.8) is 0 Å². The molecule has 5 nitrogen and oxygen atoms in total. The summed E-state index contributed by atoms with van der Waals surface area (Å²) in [4.78, 5) is 25.8. The van der Waals surface area contributed by atoms with E-state index in [1.807, 2.05) is 26.8 Å². The number of hydrogen-bond acceptors (Lipinski definition) is 4. The van der Waals surface area contributed by atoms with E-state index >= 15 is 0 Å². The van der Waals surface area contributed by atoms with Gasteiger partial charge in [-0.1, -0.05) is 32.9 Å². The molecule has 5 heteroatoms. The fraction of sp³-hybridized carbons (Fsp3) is 0.619. The predicted octanol–water partition coefficient (Wildman–Crippen LogP) is 4.63. The van der Waals surface area contributed by atoms with Crippen LogP contribution in [-0.4, -0.2) is 36.7 Å². The monoisotopic (exact) mass is 363 g/mol. The first-order chi connectivity index (χ1) is 12.1. The molecule has 1 aromatic carbocycles. The van der Waals surface area contributed by atoms with Crippen LogP contribution in [0.4, 0.5) is 4.79 Å². The molecule has 0 atom stereocenters. The third-order valence-corrected chi connectivity index (χ3v) is 4.33. The van der Waals surface area contributed by atoms with Gasteiger partial charge in [-0.25, -0.2) is 4.79 Å². The lowest BCUT2D eigenvalue weighted by Crippen LogP contribution is -2.33. The molecular formula is C21H33NO4. The minimum absolute atomic E-state index is 0.0369. The molecule has 0 aliphatic rings. The van der Waals surface area contributed by atoms with Gasteiger partial charge in [0.2, 0.25) is 0 Å². The molecule has 146 valence electrons. The summed E-state index contributed by atoms with van der Waals surface area (Å²) in [6.45, 7) is 15.5. The Balaban J connectivity index is 3.20. The minimum atomic E-state index is -0.362. The maximum Gasteiger partial charge on any atom is 0.415 e. The number of rotatable bonds is 7. The van der Waals surface area contributed by atoms with Crippen LogP contribution in [0, 0.1) is 6.92 Å². The maximum atomic E-state index is 12.4. The van der Waals surface area contributed by atoms with Crippen LogP contribution in [0.2, 0.25) is 0 Å². The van der Waals surface area contributed by atoms with Gasteiger partial charge in [-0.05, 0) is 56.2 Å². The highest BCUT2D eigenvalue weighted by Gasteiger charge is 2.21. The Morgan fingerprint density at radius 3 is 2.19 bits per heavy atom. The Hall–Kier alpha value is -2.04. The van der Waals surface area contributed by atoms with Crippen LogP contribution in [0.25, 0.3) is 0 Å². The van der Waals surface area contributed by atoms with E-state index in [4.69, 9.17) is 9.47 Å². The van der Waals surface area contributed by atoms with Crippen molar-refractivity contribution in [1.29, 1.82) is 0 Å². The van der Waals surface area contributed by atoms with Gasteiger partial charge in [0.05, 0.1) is 6.61 Å². The smallest absolute Gasteiger partial charge is 0.415 e. The molecule has 0 unspecified atom stereocenters. The van der Waals surface area contributed by atoms with Crippen molar-refractivity contribution in [2.24, 2.45) is 0 Å². The molecule has 0 spiro atoms. The molecule has 0 saturated carbocycles. The number of ether oxygens (including phenoxy) is 2. The molecule has 0 radical (unpaired) electrons. The Labute approximate surface area is 157 Å². The first-order valence-electron chi connectivity index (χ1n) is 9.40. The molecule has 0 bridgehead atoms. The number of carbonyl (C=O) groups is 2. The third kappa shape index (κ3) is 6.04. The Morgan fingerprint density at radius 2 is 1.69 bits per heavy atom. The van der Waals surface area contributed by atoms with E-state index in [1.165, 1.54) is 0 Å². The van der Waals surface area contributed by atoms with Crippen molar-refractivity contribution in [2.75, 3.05) is 19.7 Å². The summed E-state index contributed by atoms with van der Waals surface area (Å²) >= 11 is 0. The molecule has 1 amide bonds. The van der Waals surface area contributed by atoms with Gasteiger partial charge in [-0.3, -0.25) is 4.79 Å². The lowest BCUT2D eigenvalue weighted by molar-refractivity contribution is -0.143. The summed E-state index contributed by atoms with van der Waals surface area (Å²) < 4.78 is 10.7. The molecule has 1 aromatic rings. The first-order valence-corrected chi connectivity index (χ1v) is 9.40. The van der Waals surface area contributed by atoms with Crippen LogP contribution in [0.1, 0.15) is 64.7 Å². The largest absolute Gasteiger partial charge is 0.466 e. The molecule has 0 saturated heterocycles. The standard InChI is InChI=1S/C21H33NO4/c1-8-22(9-2)20(24)26-19-15(4)13-17(21(5,6)7)14-16(19)11-12-18(23)25-10-3/h13-14H,8-12H2,1-7H3. The summed E-state index contributed by atoms with van der Waals surface area (Å²) in [6.07, 6.45) is 0.375. The number of benzene rings is 1. The van der Waals surface area contributed by atoms with Gasteiger partial charge < -0.3 is 14.4 Å². The number of nitrogens with zero attached hydrogens (tertiary/aromatic N) is 1. The second kappa shape index (κ2) is 9.60. The van der Waals surface area contributed by atoms with Crippen molar-refractivity contribution in [2.45, 2.75) is 66.7 Å². The molecule has 0 aliphatic carbocycles. The fourth-order valence-corrected chi connectivity index (χ4v) is 2.72. The van der Waals surface area contributed by atoms with Crippen LogP contribution in [-0.2, 0) is 21.4 Å². The van der Waals surface area contributed by atoms with Crippen molar-refractivity contribution in [3.8, 4) is 5.75 Å².